The van der Waals surface area contributed by atoms with E-state index in [1.807, 2.05) is 0 Å². The van der Waals surface area contributed by atoms with E-state index in [-0.39, 0.29) is 21.2 Å². The highest BCUT2D eigenvalue weighted by Crippen LogP contribution is 2.64. The summed E-state index contributed by atoms with van der Waals surface area (Å²) in [7, 11) is -8.14. The van der Waals surface area contributed by atoms with Crippen molar-refractivity contribution in [2.45, 2.75) is 86.5 Å². The van der Waals surface area contributed by atoms with E-state index >= 15 is 0 Å². The van der Waals surface area contributed by atoms with E-state index < -0.39 is 57.1 Å². The normalized spacial score (nSPS) is 14.7. The molecule has 2 aromatic rings. The molecule has 0 heterocycles. The largest absolute Gasteiger partial charge is 0.743 e. The van der Waals surface area contributed by atoms with E-state index in [1.54, 1.807) is 0 Å². The molecule has 0 unspecified atom stereocenters. The van der Waals surface area contributed by atoms with Crippen LogP contribution in [0.5, 0.6) is 0 Å². The molecule has 0 saturated heterocycles. The molecule has 0 aliphatic heterocycles. The van der Waals surface area contributed by atoms with Gasteiger partial charge in [0.15, 0.2) is 17.3 Å². The highest BCUT2D eigenvalue weighted by atomic mass is 127. The summed E-state index contributed by atoms with van der Waals surface area (Å²) in [4.78, 5) is 0. The Bertz CT molecular complexity index is 1440. The highest BCUT2D eigenvalue weighted by Gasteiger charge is 2.95. The second-order valence-corrected chi connectivity index (χ2v) is 14.9. The molecule has 0 atom stereocenters. The Kier molecular flexibility index (Phi) is 12.7. The van der Waals surface area contributed by atoms with Gasteiger partial charge in [-0.1, -0.05) is 52.0 Å². The van der Waals surface area contributed by atoms with E-state index in [0.717, 1.165) is 0 Å². The minimum absolute atomic E-state index is 0.0366. The summed E-state index contributed by atoms with van der Waals surface area (Å²) in [5.41, 5.74) is 2.87. The lowest BCUT2D eigenvalue weighted by molar-refractivity contribution is -0.597. The number of halogens is 18. The van der Waals surface area contributed by atoms with Crippen molar-refractivity contribution in [1.82, 2.24) is 0 Å². The van der Waals surface area contributed by atoms with Crippen LogP contribution in [0.25, 0.3) is 0 Å². The minimum Gasteiger partial charge on any atom is -0.743 e. The fraction of sp³-hybridized carbons (Fsp3) is 0.538. The van der Waals surface area contributed by atoms with Crippen LogP contribution in [0, 0.1) is 7.14 Å². The maximum absolute atomic E-state index is 13.0. The molecule has 0 aliphatic rings. The highest BCUT2D eigenvalue weighted by molar-refractivity contribution is 7.86. The van der Waals surface area contributed by atoms with Crippen molar-refractivity contribution in [3.05, 3.63) is 66.8 Å². The number of rotatable bonds is 11. The first-order valence-electron chi connectivity index (χ1n) is 12.6. The van der Waals surface area contributed by atoms with Crippen molar-refractivity contribution in [2.75, 3.05) is 0 Å². The van der Waals surface area contributed by atoms with Gasteiger partial charge >= 0.3 is 68.2 Å². The summed E-state index contributed by atoms with van der Waals surface area (Å²) in [6.45, 7) is 8.98. The first-order chi connectivity index (χ1) is 21.1. The van der Waals surface area contributed by atoms with Gasteiger partial charge in [0.25, 0.3) is 0 Å². The number of alkyl halides is 17. The van der Waals surface area contributed by atoms with Gasteiger partial charge in [0.05, 0.1) is 0 Å². The van der Waals surface area contributed by atoms with Crippen molar-refractivity contribution in [2.24, 2.45) is 0 Å². The molecule has 0 fully saturated rings. The van der Waals surface area contributed by atoms with E-state index in [0.29, 0.717) is 11.8 Å². The molecule has 0 spiro atoms. The number of hydrogen-bond donors (Lipinski definition) is 0. The number of hydrogen-bond acceptors (Lipinski definition) is 3. The lowest BCUT2D eigenvalue weighted by atomic mass is 9.91. The molecule has 0 saturated carbocycles. The zero-order valence-corrected chi connectivity index (χ0v) is 27.2. The lowest BCUT2D eigenvalue weighted by Gasteiger charge is -2.42. The molecule has 0 aromatic heterocycles. The molecule has 276 valence electrons. The van der Waals surface area contributed by atoms with Crippen LogP contribution in [-0.4, -0.2) is 59.9 Å². The fourth-order valence-electron chi connectivity index (χ4n) is 3.25. The van der Waals surface area contributed by atoms with Crippen molar-refractivity contribution in [1.29, 1.82) is 0 Å². The van der Waals surface area contributed by atoms with Crippen molar-refractivity contribution in [3.63, 3.8) is 0 Å². The average Bonchev–Trinajstić information content (AvgIpc) is 2.92. The lowest BCUT2D eigenvalue weighted by Crippen LogP contribution is -3.61. The average molecular weight is 864 g/mol. The van der Waals surface area contributed by atoms with Gasteiger partial charge in [-0.15, -0.1) is 0 Å². The van der Waals surface area contributed by atoms with Crippen LogP contribution >= 0.6 is 0 Å². The quantitative estimate of drug-likeness (QED) is 0.146. The third kappa shape index (κ3) is 7.78. The van der Waals surface area contributed by atoms with Crippen LogP contribution < -0.4 is 21.2 Å². The summed E-state index contributed by atoms with van der Waals surface area (Å²) >= 11 is -0.0366. The van der Waals surface area contributed by atoms with Gasteiger partial charge in [-0.25, -0.2) is 8.42 Å². The standard InChI is InChI=1S/C18H22I.C8HF17O3S/c1-13(2)15-5-9-17(10-6-15)19-18-11-7-16(8-12-18)14(3)4;9-1(10,3(13,14)5(17,18)7(21,22)23)2(11,12)4(15,16)6(19,20)8(24,25)29(26,27)28/h5-14H,1-4H3;(H,26,27,28)/q+1;/p-1. The molecule has 2 aromatic carbocycles. The van der Waals surface area contributed by atoms with Crippen LogP contribution in [0.4, 0.5) is 74.6 Å². The Labute approximate surface area is 271 Å². The van der Waals surface area contributed by atoms with Crippen molar-refractivity contribution in [3.8, 4) is 0 Å². The van der Waals surface area contributed by atoms with E-state index in [4.69, 9.17) is 0 Å². The van der Waals surface area contributed by atoms with Gasteiger partial charge < -0.3 is 4.55 Å². The smallest absolute Gasteiger partial charge is 0.460 e. The molecule has 0 bridgehead atoms. The second-order valence-electron chi connectivity index (χ2n) is 10.4. The SMILES string of the molecule is CC(C)c1ccc([I+]c2ccc(C(C)C)cc2)cc1.O=S(=O)([O-])C(F)(F)C(F)(F)C(F)(F)C(F)(F)C(F)(F)C(F)(F)C(F)(F)C(F)(F)F. The molecule has 48 heavy (non-hydrogen) atoms. The summed E-state index contributed by atoms with van der Waals surface area (Å²) in [6.07, 6.45) is -7.89. The van der Waals surface area contributed by atoms with Gasteiger partial charge in [0.2, 0.25) is 0 Å². The molecule has 0 radical (unpaired) electrons. The topological polar surface area (TPSA) is 57.2 Å². The summed E-state index contributed by atoms with van der Waals surface area (Å²) < 4.78 is 247. The van der Waals surface area contributed by atoms with E-state index in [1.165, 1.54) is 18.3 Å². The third-order valence-electron chi connectivity index (χ3n) is 6.30. The van der Waals surface area contributed by atoms with E-state index in [9.17, 15) is 87.6 Å². The van der Waals surface area contributed by atoms with Crippen LogP contribution in [0.1, 0.15) is 50.7 Å². The Morgan fingerprint density at radius 3 is 0.958 bits per heavy atom. The molecule has 0 amide bonds. The van der Waals surface area contributed by atoms with Gasteiger partial charge in [-0.05, 0) is 47.2 Å². The Hall–Kier alpha value is -2.11. The van der Waals surface area contributed by atoms with Crippen molar-refractivity contribution < 1.29 is 109 Å². The third-order valence-corrected chi connectivity index (χ3v) is 9.87. The monoisotopic (exact) mass is 864 g/mol. The Morgan fingerprint density at radius 2 is 0.729 bits per heavy atom. The Morgan fingerprint density at radius 1 is 0.479 bits per heavy atom. The van der Waals surface area contributed by atoms with Gasteiger partial charge in [0.1, 0.15) is 0 Å². The molecule has 22 heteroatoms. The van der Waals surface area contributed by atoms with Crippen molar-refractivity contribution >= 4 is 10.1 Å². The maximum Gasteiger partial charge on any atom is 0.460 e. The van der Waals surface area contributed by atoms with E-state index in [2.05, 4.69) is 76.2 Å². The molecule has 0 N–H and O–H groups in total. The predicted molar refractivity (Wildman–Crippen MR) is 129 cm³/mol. The minimum atomic E-state index is -8.92. The van der Waals surface area contributed by atoms with Gasteiger partial charge in [0, 0.05) is 0 Å². The van der Waals surface area contributed by atoms with Gasteiger partial charge in [-0.3, -0.25) is 0 Å². The fourth-order valence-corrected chi connectivity index (χ4v) is 5.85. The summed E-state index contributed by atoms with van der Waals surface area (Å²) in [6, 6.07) is 18.3. The Balaban J connectivity index is 0.000000519. The van der Waals surface area contributed by atoms with Gasteiger partial charge in [-0.2, -0.15) is 74.6 Å². The van der Waals surface area contributed by atoms with Crippen LogP contribution in [0.3, 0.4) is 0 Å². The zero-order chi connectivity index (χ0) is 38.3. The number of benzene rings is 2. The summed E-state index contributed by atoms with van der Waals surface area (Å²) in [5, 5.41) is -7.95. The maximum atomic E-state index is 13.0. The molecule has 3 nitrogen and oxygen atoms in total. The zero-order valence-electron chi connectivity index (χ0n) is 24.2. The van der Waals surface area contributed by atoms with Crippen LogP contribution in [0.2, 0.25) is 0 Å². The summed E-state index contributed by atoms with van der Waals surface area (Å²) in [5.74, 6) is -50.9. The molecular weight excluding hydrogens is 842 g/mol. The molecular formula is C26H22F17IO3S. The molecule has 2 rings (SSSR count). The second kappa shape index (κ2) is 13.9. The predicted octanol–water partition coefficient (Wildman–Crippen LogP) is 6.56. The molecule has 0 aliphatic carbocycles. The van der Waals surface area contributed by atoms with Crippen LogP contribution in [0.15, 0.2) is 48.5 Å². The van der Waals surface area contributed by atoms with Crippen LogP contribution in [-0.2, 0) is 10.1 Å². The first kappa shape index (κ1) is 43.9. The first-order valence-corrected chi connectivity index (χ1v) is 16.1.